The molecule has 0 spiro atoms. The Morgan fingerprint density at radius 2 is 1.94 bits per heavy atom. The Morgan fingerprint density at radius 3 is 2.53 bits per heavy atom. The van der Waals surface area contributed by atoms with E-state index in [2.05, 4.69) is 26.5 Å². The highest BCUT2D eigenvalue weighted by Gasteiger charge is 2.29. The van der Waals surface area contributed by atoms with Crippen LogP contribution < -0.4 is 0 Å². The van der Waals surface area contributed by atoms with Gasteiger partial charge < -0.3 is 4.90 Å². The van der Waals surface area contributed by atoms with E-state index in [4.69, 9.17) is 0 Å². The van der Waals surface area contributed by atoms with Crippen LogP contribution in [0.1, 0.15) is 43.5 Å². The average molecular weight is 249 g/mol. The summed E-state index contributed by atoms with van der Waals surface area (Å²) >= 11 is 4.29. The summed E-state index contributed by atoms with van der Waals surface area (Å²) in [5.74, 6) is 0.139. The molecule has 2 nitrogen and oxygen atoms in total. The first-order valence-corrected chi connectivity index (χ1v) is 6.66. The topological polar surface area (TPSA) is 20.3 Å². The van der Waals surface area contributed by atoms with E-state index in [0.29, 0.717) is 12.1 Å². The Kier molecular flexibility index (Phi) is 3.77. The summed E-state index contributed by atoms with van der Waals surface area (Å²) in [6.07, 6.45) is 3.44. The first-order chi connectivity index (χ1) is 8.09. The molecular weight excluding hydrogens is 230 g/mol. The summed E-state index contributed by atoms with van der Waals surface area (Å²) in [6, 6.07) is 8.18. The van der Waals surface area contributed by atoms with Gasteiger partial charge in [-0.05, 0) is 51.3 Å². The van der Waals surface area contributed by atoms with E-state index in [1.165, 1.54) is 6.42 Å². The van der Waals surface area contributed by atoms with Crippen molar-refractivity contribution in [1.29, 1.82) is 0 Å². The van der Waals surface area contributed by atoms with Crippen LogP contribution in [0.3, 0.4) is 0 Å². The molecule has 0 aliphatic carbocycles. The van der Waals surface area contributed by atoms with Crippen LogP contribution in [0.5, 0.6) is 0 Å². The highest BCUT2D eigenvalue weighted by molar-refractivity contribution is 7.80. The Balaban J connectivity index is 2.24. The van der Waals surface area contributed by atoms with Crippen LogP contribution in [0, 0.1) is 0 Å². The fraction of sp³-hybridized carbons (Fsp3) is 0.500. The minimum absolute atomic E-state index is 0.139. The molecule has 1 aromatic rings. The molecule has 1 heterocycles. The Bertz CT molecular complexity index is 408. The van der Waals surface area contributed by atoms with Gasteiger partial charge in [0, 0.05) is 22.5 Å². The number of thiol groups is 1. The lowest BCUT2D eigenvalue weighted by molar-refractivity contribution is 0.0510. The van der Waals surface area contributed by atoms with Gasteiger partial charge in [-0.2, -0.15) is 0 Å². The lowest BCUT2D eigenvalue weighted by atomic mass is 9.96. The quantitative estimate of drug-likeness (QED) is 0.757. The molecule has 0 bridgehead atoms. The van der Waals surface area contributed by atoms with Crippen molar-refractivity contribution in [2.75, 3.05) is 0 Å². The fourth-order valence-corrected chi connectivity index (χ4v) is 2.83. The molecule has 1 amide bonds. The third-order valence-corrected chi connectivity index (χ3v) is 3.80. The number of likely N-dealkylation sites (tertiary alicyclic amines) is 1. The number of carbonyl (C=O) groups is 1. The lowest BCUT2D eigenvalue weighted by Crippen LogP contribution is -2.47. The number of piperidine rings is 1. The van der Waals surface area contributed by atoms with E-state index in [1.54, 1.807) is 0 Å². The molecule has 1 fully saturated rings. The zero-order valence-electron chi connectivity index (χ0n) is 10.4. The molecule has 0 unspecified atom stereocenters. The molecule has 2 atom stereocenters. The highest BCUT2D eigenvalue weighted by Crippen LogP contribution is 2.25. The number of carbonyl (C=O) groups excluding carboxylic acids is 1. The van der Waals surface area contributed by atoms with Gasteiger partial charge in [0.25, 0.3) is 5.91 Å². The molecule has 2 rings (SSSR count). The van der Waals surface area contributed by atoms with Gasteiger partial charge >= 0.3 is 0 Å². The second kappa shape index (κ2) is 5.13. The van der Waals surface area contributed by atoms with Crippen molar-refractivity contribution in [3.05, 3.63) is 29.8 Å². The summed E-state index contributed by atoms with van der Waals surface area (Å²) in [6.45, 7) is 4.27. The van der Waals surface area contributed by atoms with Crippen molar-refractivity contribution in [1.82, 2.24) is 4.90 Å². The van der Waals surface area contributed by atoms with Gasteiger partial charge in [0.05, 0.1) is 0 Å². The highest BCUT2D eigenvalue weighted by atomic mass is 32.1. The van der Waals surface area contributed by atoms with Crippen LogP contribution in [-0.4, -0.2) is 22.9 Å². The van der Waals surface area contributed by atoms with Crippen LogP contribution in [-0.2, 0) is 0 Å². The molecule has 1 aromatic carbocycles. The smallest absolute Gasteiger partial charge is 0.254 e. The third kappa shape index (κ3) is 2.65. The molecule has 92 valence electrons. The van der Waals surface area contributed by atoms with E-state index in [-0.39, 0.29) is 5.91 Å². The molecule has 1 aliphatic rings. The van der Waals surface area contributed by atoms with Gasteiger partial charge in [0.1, 0.15) is 0 Å². The molecule has 1 saturated heterocycles. The summed E-state index contributed by atoms with van der Waals surface area (Å²) in [4.78, 5) is 15.3. The normalized spacial score (nSPS) is 24.8. The first-order valence-electron chi connectivity index (χ1n) is 6.21. The maximum Gasteiger partial charge on any atom is 0.254 e. The van der Waals surface area contributed by atoms with Gasteiger partial charge in [0.15, 0.2) is 0 Å². The van der Waals surface area contributed by atoms with Crippen molar-refractivity contribution in [3.8, 4) is 0 Å². The molecule has 17 heavy (non-hydrogen) atoms. The van der Waals surface area contributed by atoms with E-state index in [0.717, 1.165) is 23.3 Å². The Labute approximate surface area is 108 Å². The van der Waals surface area contributed by atoms with Crippen LogP contribution in [0.2, 0.25) is 0 Å². The second-order valence-corrected chi connectivity index (χ2v) is 5.41. The number of rotatable bonds is 1. The molecule has 0 radical (unpaired) electrons. The molecule has 1 aliphatic heterocycles. The maximum absolute atomic E-state index is 12.5. The van der Waals surface area contributed by atoms with Crippen molar-refractivity contribution in [2.24, 2.45) is 0 Å². The van der Waals surface area contributed by atoms with Gasteiger partial charge in [0.2, 0.25) is 0 Å². The second-order valence-electron chi connectivity index (χ2n) is 4.89. The molecule has 3 heteroatoms. The van der Waals surface area contributed by atoms with Crippen molar-refractivity contribution in [2.45, 2.75) is 50.1 Å². The summed E-state index contributed by atoms with van der Waals surface area (Å²) < 4.78 is 0. The number of hydrogen-bond donors (Lipinski definition) is 1. The van der Waals surface area contributed by atoms with Crippen molar-refractivity contribution in [3.63, 3.8) is 0 Å². The van der Waals surface area contributed by atoms with Crippen LogP contribution >= 0.6 is 12.6 Å². The summed E-state index contributed by atoms with van der Waals surface area (Å²) in [7, 11) is 0. The van der Waals surface area contributed by atoms with E-state index in [9.17, 15) is 4.79 Å². The molecule has 0 N–H and O–H groups in total. The van der Waals surface area contributed by atoms with Gasteiger partial charge in [-0.1, -0.05) is 6.07 Å². The van der Waals surface area contributed by atoms with Gasteiger partial charge in [-0.25, -0.2) is 0 Å². The summed E-state index contributed by atoms with van der Waals surface area (Å²) in [5.41, 5.74) is 0.748. The van der Waals surface area contributed by atoms with E-state index >= 15 is 0 Å². The fourth-order valence-electron chi connectivity index (χ4n) is 2.61. The zero-order valence-corrected chi connectivity index (χ0v) is 11.3. The minimum atomic E-state index is 0.139. The molecular formula is C14H19NOS. The molecule has 0 aromatic heterocycles. The minimum Gasteiger partial charge on any atom is -0.333 e. The Morgan fingerprint density at radius 1 is 1.29 bits per heavy atom. The van der Waals surface area contributed by atoms with Gasteiger partial charge in [-0.15, -0.1) is 12.6 Å². The number of amides is 1. The number of hydrogen-bond acceptors (Lipinski definition) is 2. The number of nitrogens with zero attached hydrogens (tertiary/aromatic N) is 1. The largest absolute Gasteiger partial charge is 0.333 e. The SMILES string of the molecule is C[C@@H]1CCC[C@H](C)N1C(=O)c1cccc(S)c1. The van der Waals surface area contributed by atoms with Gasteiger partial charge in [-0.3, -0.25) is 4.79 Å². The maximum atomic E-state index is 12.5. The Hall–Kier alpha value is -0.960. The monoisotopic (exact) mass is 249 g/mol. The first kappa shape index (κ1) is 12.5. The van der Waals surface area contributed by atoms with Crippen molar-refractivity contribution >= 4 is 18.5 Å². The van der Waals surface area contributed by atoms with Crippen LogP contribution in [0.15, 0.2) is 29.2 Å². The predicted molar refractivity (Wildman–Crippen MR) is 72.6 cm³/mol. The van der Waals surface area contributed by atoms with Crippen LogP contribution in [0.4, 0.5) is 0 Å². The third-order valence-electron chi connectivity index (χ3n) is 3.52. The number of benzene rings is 1. The zero-order chi connectivity index (χ0) is 12.4. The molecule has 0 saturated carbocycles. The standard InChI is InChI=1S/C14H19NOS/c1-10-5-3-6-11(2)15(10)14(16)12-7-4-8-13(17)9-12/h4,7-11,17H,3,5-6H2,1-2H3/t10-,11+. The van der Waals surface area contributed by atoms with E-state index < -0.39 is 0 Å². The average Bonchev–Trinajstić information content (AvgIpc) is 2.28. The van der Waals surface area contributed by atoms with Crippen LogP contribution in [0.25, 0.3) is 0 Å². The van der Waals surface area contributed by atoms with Crippen molar-refractivity contribution < 1.29 is 4.79 Å². The summed E-state index contributed by atoms with van der Waals surface area (Å²) in [5, 5.41) is 0. The lowest BCUT2D eigenvalue weighted by Gasteiger charge is -2.39. The predicted octanol–water partition coefficient (Wildman–Crippen LogP) is 3.38. The van der Waals surface area contributed by atoms with E-state index in [1.807, 2.05) is 29.2 Å².